The average Bonchev–Trinajstić information content (AvgIpc) is 2.78. The number of nitrogens with zero attached hydrogens (tertiary/aromatic N) is 1. The molecule has 0 fully saturated rings. The number of aliphatic hydroxyl groups is 2. The lowest BCUT2D eigenvalue weighted by atomic mass is 9.62. The number of Topliss-reactive ketones (excluding diaryl/α,β-unsaturated/α-hetero) is 2. The van der Waals surface area contributed by atoms with E-state index in [1.807, 2.05) is 38.4 Å². The number of benzene rings is 2. The van der Waals surface area contributed by atoms with Crippen molar-refractivity contribution in [3.63, 3.8) is 0 Å². The fourth-order valence-electron chi connectivity index (χ4n) is 6.06. The molecule has 0 aliphatic heterocycles. The Balaban J connectivity index is 1.58. The van der Waals surface area contributed by atoms with Gasteiger partial charge in [-0.15, -0.1) is 0 Å². The van der Waals surface area contributed by atoms with E-state index in [2.05, 4.69) is 4.90 Å². The molecule has 186 valence electrons. The Morgan fingerprint density at radius 1 is 1.03 bits per heavy atom. The Labute approximate surface area is 208 Å². The zero-order valence-electron chi connectivity index (χ0n) is 20.1. The standard InChI is InChI=1S/C28H28N2O6/c1-30(2)12-13-3-5-14(6-4-13)17-7-8-19(31)23-18(17)10-15-9-16-11-20(32)24(28(29)36)27(35)22(16)25(33)21(15)26(23)34/h3-8,15-16,22,31-33H,9-12H2,1-2H3,(H2,29,36). The van der Waals surface area contributed by atoms with Gasteiger partial charge in [-0.2, -0.15) is 0 Å². The third-order valence-electron chi connectivity index (χ3n) is 7.53. The molecule has 0 heterocycles. The number of aliphatic hydroxyl groups excluding tert-OH is 2. The number of aromatic hydroxyl groups is 1. The van der Waals surface area contributed by atoms with E-state index in [1.54, 1.807) is 6.07 Å². The first-order valence-corrected chi connectivity index (χ1v) is 11.9. The van der Waals surface area contributed by atoms with Crippen molar-refractivity contribution in [1.29, 1.82) is 0 Å². The topological polar surface area (TPSA) is 141 Å². The minimum atomic E-state index is -1.12. The molecule has 5 N–H and O–H groups in total. The number of carbonyl (C=O) groups excluding carboxylic acids is 3. The average molecular weight is 489 g/mol. The third-order valence-corrected chi connectivity index (χ3v) is 7.53. The summed E-state index contributed by atoms with van der Waals surface area (Å²) in [5, 5.41) is 32.1. The van der Waals surface area contributed by atoms with Crippen LogP contribution < -0.4 is 5.73 Å². The van der Waals surface area contributed by atoms with Crippen molar-refractivity contribution in [2.45, 2.75) is 25.8 Å². The summed E-state index contributed by atoms with van der Waals surface area (Å²) in [6.45, 7) is 0.794. The van der Waals surface area contributed by atoms with E-state index in [-0.39, 0.29) is 34.8 Å². The zero-order chi connectivity index (χ0) is 25.9. The van der Waals surface area contributed by atoms with E-state index < -0.39 is 40.8 Å². The van der Waals surface area contributed by atoms with Crippen LogP contribution in [0.1, 0.15) is 34.3 Å². The lowest BCUT2D eigenvalue weighted by molar-refractivity contribution is -0.126. The highest BCUT2D eigenvalue weighted by molar-refractivity contribution is 6.22. The number of phenols is 1. The van der Waals surface area contributed by atoms with Gasteiger partial charge in [-0.05, 0) is 67.1 Å². The largest absolute Gasteiger partial charge is 0.511 e. The molecule has 3 aliphatic carbocycles. The number of phenolic OH excluding ortho intramolecular Hbond substituents is 1. The minimum absolute atomic E-state index is 0.0177. The van der Waals surface area contributed by atoms with Gasteiger partial charge in [0.1, 0.15) is 22.8 Å². The van der Waals surface area contributed by atoms with Crippen LogP contribution in [0.25, 0.3) is 11.1 Å². The Bertz CT molecular complexity index is 1370. The van der Waals surface area contributed by atoms with E-state index in [4.69, 9.17) is 5.73 Å². The highest BCUT2D eigenvalue weighted by Crippen LogP contribution is 2.50. The van der Waals surface area contributed by atoms with Gasteiger partial charge in [0.2, 0.25) is 0 Å². The van der Waals surface area contributed by atoms with Crippen molar-refractivity contribution in [2.75, 3.05) is 14.1 Å². The fourth-order valence-corrected chi connectivity index (χ4v) is 6.06. The van der Waals surface area contributed by atoms with Crippen molar-refractivity contribution in [3.05, 3.63) is 75.8 Å². The molecule has 0 bridgehead atoms. The summed E-state index contributed by atoms with van der Waals surface area (Å²) >= 11 is 0. The maximum Gasteiger partial charge on any atom is 0.255 e. The highest BCUT2D eigenvalue weighted by Gasteiger charge is 2.50. The Morgan fingerprint density at radius 2 is 1.72 bits per heavy atom. The van der Waals surface area contributed by atoms with Gasteiger partial charge in [0.25, 0.3) is 5.91 Å². The molecule has 36 heavy (non-hydrogen) atoms. The van der Waals surface area contributed by atoms with Gasteiger partial charge in [-0.1, -0.05) is 30.3 Å². The maximum atomic E-state index is 13.7. The first-order chi connectivity index (χ1) is 17.1. The molecule has 5 rings (SSSR count). The molecule has 1 amide bonds. The van der Waals surface area contributed by atoms with Crippen LogP contribution in [-0.2, 0) is 22.6 Å². The number of primary amides is 1. The predicted molar refractivity (Wildman–Crippen MR) is 132 cm³/mol. The van der Waals surface area contributed by atoms with Gasteiger partial charge in [0, 0.05) is 18.5 Å². The second-order valence-electron chi connectivity index (χ2n) is 10.2. The Hall–Kier alpha value is -3.91. The zero-order valence-corrected chi connectivity index (χ0v) is 20.1. The fraction of sp³-hybridized carbons (Fsp3) is 0.321. The number of hydrogen-bond donors (Lipinski definition) is 4. The number of hydrogen-bond acceptors (Lipinski definition) is 7. The highest BCUT2D eigenvalue weighted by atomic mass is 16.3. The molecule has 3 aliphatic rings. The van der Waals surface area contributed by atoms with Gasteiger partial charge in [-0.25, -0.2) is 0 Å². The summed E-state index contributed by atoms with van der Waals surface area (Å²) in [5.41, 5.74) is 8.55. The first-order valence-electron chi connectivity index (χ1n) is 11.9. The second kappa shape index (κ2) is 8.64. The molecule has 8 nitrogen and oxygen atoms in total. The molecule has 8 heteroatoms. The first kappa shape index (κ1) is 23.8. The molecular weight excluding hydrogens is 460 g/mol. The summed E-state index contributed by atoms with van der Waals surface area (Å²) in [6.07, 6.45) is 0.770. The SMILES string of the molecule is CN(C)Cc1ccc(-c2ccc(O)c3c2CC2CC4CC(O)=C(C(N)=O)C(=O)C4C(O)=C2C3=O)cc1. The van der Waals surface area contributed by atoms with Crippen LogP contribution >= 0.6 is 0 Å². The molecule has 3 unspecified atom stereocenters. The normalized spacial score (nSPS) is 23.5. The second-order valence-corrected chi connectivity index (χ2v) is 10.2. The molecule has 0 aromatic heterocycles. The van der Waals surface area contributed by atoms with Crippen molar-refractivity contribution < 1.29 is 29.7 Å². The lowest BCUT2D eigenvalue weighted by Gasteiger charge is -2.41. The van der Waals surface area contributed by atoms with Crippen molar-refractivity contribution in [3.8, 4) is 16.9 Å². The van der Waals surface area contributed by atoms with Crippen LogP contribution in [0.15, 0.2) is 59.1 Å². The number of rotatable bonds is 4. The summed E-state index contributed by atoms with van der Waals surface area (Å²) in [5.74, 6) is -5.27. The van der Waals surface area contributed by atoms with E-state index in [1.165, 1.54) is 6.07 Å². The molecule has 2 aromatic rings. The van der Waals surface area contributed by atoms with Crippen molar-refractivity contribution in [2.24, 2.45) is 23.5 Å². The molecule has 0 saturated heterocycles. The molecule has 0 radical (unpaired) electrons. The van der Waals surface area contributed by atoms with Crippen LogP contribution in [0.4, 0.5) is 0 Å². The molecular formula is C28H28N2O6. The van der Waals surface area contributed by atoms with Crippen LogP contribution in [-0.4, -0.2) is 51.8 Å². The Kier molecular flexibility index (Phi) is 5.71. The number of ketones is 2. The number of nitrogens with two attached hydrogens (primary N) is 1. The van der Waals surface area contributed by atoms with E-state index in [0.717, 1.165) is 23.2 Å². The summed E-state index contributed by atoms with van der Waals surface area (Å²) in [4.78, 5) is 40.4. The van der Waals surface area contributed by atoms with Crippen LogP contribution in [0.5, 0.6) is 5.75 Å². The van der Waals surface area contributed by atoms with Gasteiger partial charge >= 0.3 is 0 Å². The van der Waals surface area contributed by atoms with Crippen molar-refractivity contribution in [1.82, 2.24) is 4.90 Å². The van der Waals surface area contributed by atoms with Crippen molar-refractivity contribution >= 4 is 17.5 Å². The molecule has 0 spiro atoms. The third kappa shape index (κ3) is 3.69. The summed E-state index contributed by atoms with van der Waals surface area (Å²) < 4.78 is 0. The quantitative estimate of drug-likeness (QED) is 0.484. The molecule has 3 atom stereocenters. The molecule has 0 saturated carbocycles. The Morgan fingerprint density at radius 3 is 2.36 bits per heavy atom. The monoisotopic (exact) mass is 488 g/mol. The number of fused-ring (bicyclic) bond motifs is 3. The van der Waals surface area contributed by atoms with Gasteiger partial charge in [-0.3, -0.25) is 14.4 Å². The number of carbonyl (C=O) groups is 3. The smallest absolute Gasteiger partial charge is 0.255 e. The minimum Gasteiger partial charge on any atom is -0.511 e. The predicted octanol–water partition coefficient (Wildman–Crippen LogP) is 3.19. The van der Waals surface area contributed by atoms with Crippen LogP contribution in [0.2, 0.25) is 0 Å². The summed E-state index contributed by atoms with van der Waals surface area (Å²) in [6, 6.07) is 11.3. The van der Waals surface area contributed by atoms with Crippen LogP contribution in [0, 0.1) is 17.8 Å². The van der Waals surface area contributed by atoms with E-state index >= 15 is 0 Å². The molecule has 2 aromatic carbocycles. The van der Waals surface area contributed by atoms with Crippen LogP contribution in [0.3, 0.4) is 0 Å². The number of amides is 1. The van der Waals surface area contributed by atoms with Gasteiger partial charge < -0.3 is 26.0 Å². The van der Waals surface area contributed by atoms with Gasteiger partial charge in [0.05, 0.1) is 11.5 Å². The van der Waals surface area contributed by atoms with E-state index in [0.29, 0.717) is 18.4 Å². The number of allylic oxidation sites excluding steroid dienone is 3. The lowest BCUT2D eigenvalue weighted by Crippen LogP contribution is -2.43. The van der Waals surface area contributed by atoms with Gasteiger partial charge in [0.15, 0.2) is 11.6 Å². The maximum absolute atomic E-state index is 13.7. The summed E-state index contributed by atoms with van der Waals surface area (Å²) in [7, 11) is 3.99. The van der Waals surface area contributed by atoms with E-state index in [9.17, 15) is 29.7 Å².